The second kappa shape index (κ2) is 10.7. The van der Waals surface area contributed by atoms with Gasteiger partial charge in [0.15, 0.2) is 0 Å². The minimum atomic E-state index is -4.42. The number of halogens is 3. The number of carbonyl (C=O) groups is 1. The minimum Gasteiger partial charge on any atom is -0.486 e. The smallest absolute Gasteiger partial charge is 0.416 e. The molecule has 3 unspecified atom stereocenters. The molecule has 0 bridgehead atoms. The molecule has 2 aromatic carbocycles. The number of carbonyl (C=O) groups excluding carboxylic acids is 1. The van der Waals surface area contributed by atoms with Crippen LogP contribution in [-0.2, 0) is 10.9 Å². The summed E-state index contributed by atoms with van der Waals surface area (Å²) in [7, 11) is 0. The number of aliphatic hydroxyl groups excluding tert-OH is 1. The van der Waals surface area contributed by atoms with E-state index < -0.39 is 29.5 Å². The highest BCUT2D eigenvalue weighted by Crippen LogP contribution is 2.35. The molecule has 5 nitrogen and oxygen atoms in total. The van der Waals surface area contributed by atoms with Crippen LogP contribution in [0.1, 0.15) is 63.7 Å². The molecule has 1 saturated heterocycles. The largest absolute Gasteiger partial charge is 0.486 e. The Bertz CT molecular complexity index is 926. The Kier molecular flexibility index (Phi) is 8.13. The molecule has 1 aliphatic rings. The summed E-state index contributed by atoms with van der Waals surface area (Å²) in [5.74, 6) is 0.306. The van der Waals surface area contributed by atoms with Crippen LogP contribution in [0.2, 0.25) is 0 Å². The van der Waals surface area contributed by atoms with Gasteiger partial charge in [0.1, 0.15) is 17.5 Å². The van der Waals surface area contributed by atoms with Gasteiger partial charge in [0.2, 0.25) is 0 Å². The lowest BCUT2D eigenvalue weighted by Crippen LogP contribution is -2.53. The molecule has 2 aromatic rings. The third-order valence-electron chi connectivity index (χ3n) is 5.79. The summed E-state index contributed by atoms with van der Waals surface area (Å²) in [4.78, 5) is 14.7. The molecule has 0 saturated carbocycles. The number of nitrogens with zero attached hydrogens (tertiary/aromatic N) is 1. The zero-order valence-electron chi connectivity index (χ0n) is 19.7. The first-order chi connectivity index (χ1) is 16.0. The summed E-state index contributed by atoms with van der Waals surface area (Å²) in [6.07, 6.45) is -2.81. The maximum absolute atomic E-state index is 13.0. The SMILES string of the molecule is CC(C)(C)OC(=O)N1C(CO)CCCC1CC(Oc1ccc(C(F)(F)F)cc1)c1ccccc1. The molecule has 0 aliphatic carbocycles. The van der Waals surface area contributed by atoms with Crippen molar-refractivity contribution in [2.45, 2.75) is 76.4 Å². The Hall–Kier alpha value is -2.74. The number of amides is 1. The maximum atomic E-state index is 13.0. The third-order valence-corrected chi connectivity index (χ3v) is 5.79. The number of benzene rings is 2. The predicted molar refractivity (Wildman–Crippen MR) is 122 cm³/mol. The molecule has 1 heterocycles. The minimum absolute atomic E-state index is 0.175. The van der Waals surface area contributed by atoms with Gasteiger partial charge in [-0.15, -0.1) is 0 Å². The van der Waals surface area contributed by atoms with Crippen molar-refractivity contribution in [3.8, 4) is 5.75 Å². The molecular formula is C26H32F3NO4. The van der Waals surface area contributed by atoms with Gasteiger partial charge < -0.3 is 14.6 Å². The zero-order valence-corrected chi connectivity index (χ0v) is 19.7. The maximum Gasteiger partial charge on any atom is 0.416 e. The first kappa shape index (κ1) is 25.9. The van der Waals surface area contributed by atoms with Crippen LogP contribution in [0.5, 0.6) is 5.75 Å². The van der Waals surface area contributed by atoms with E-state index in [0.717, 1.165) is 24.1 Å². The number of aliphatic hydroxyl groups is 1. The average molecular weight is 480 g/mol. The van der Waals surface area contributed by atoms with Crippen molar-refractivity contribution in [2.75, 3.05) is 6.61 Å². The monoisotopic (exact) mass is 479 g/mol. The van der Waals surface area contributed by atoms with E-state index in [1.54, 1.807) is 25.7 Å². The lowest BCUT2D eigenvalue weighted by molar-refractivity contribution is -0.137. The normalized spacial score (nSPS) is 20.0. The first-order valence-corrected chi connectivity index (χ1v) is 11.5. The molecule has 186 valence electrons. The summed E-state index contributed by atoms with van der Waals surface area (Å²) >= 11 is 0. The number of alkyl halides is 3. The molecule has 1 amide bonds. The van der Waals surface area contributed by atoms with Gasteiger partial charge in [0.25, 0.3) is 0 Å². The van der Waals surface area contributed by atoms with E-state index in [9.17, 15) is 23.1 Å². The summed E-state index contributed by atoms with van der Waals surface area (Å²) in [5, 5.41) is 9.93. The Morgan fingerprint density at radius 1 is 1.03 bits per heavy atom. The van der Waals surface area contributed by atoms with Crippen LogP contribution in [0.15, 0.2) is 54.6 Å². The second-order valence-corrected chi connectivity index (χ2v) is 9.58. The van der Waals surface area contributed by atoms with Gasteiger partial charge in [-0.3, -0.25) is 4.90 Å². The molecular weight excluding hydrogens is 447 g/mol. The molecule has 3 atom stereocenters. The van der Waals surface area contributed by atoms with E-state index in [0.29, 0.717) is 25.0 Å². The van der Waals surface area contributed by atoms with Crippen LogP contribution >= 0.6 is 0 Å². The van der Waals surface area contributed by atoms with Crippen molar-refractivity contribution in [1.29, 1.82) is 0 Å². The Labute approximate surface area is 198 Å². The first-order valence-electron chi connectivity index (χ1n) is 11.5. The molecule has 3 rings (SSSR count). The number of ether oxygens (including phenoxy) is 2. The van der Waals surface area contributed by atoms with Gasteiger partial charge >= 0.3 is 12.3 Å². The summed E-state index contributed by atoms with van der Waals surface area (Å²) < 4.78 is 50.6. The molecule has 0 spiro atoms. The molecule has 34 heavy (non-hydrogen) atoms. The molecule has 0 aromatic heterocycles. The summed E-state index contributed by atoms with van der Waals surface area (Å²) in [6, 6.07) is 13.3. The van der Waals surface area contributed by atoms with Crippen molar-refractivity contribution in [2.24, 2.45) is 0 Å². The van der Waals surface area contributed by atoms with Crippen molar-refractivity contribution < 1.29 is 32.5 Å². The van der Waals surface area contributed by atoms with E-state index >= 15 is 0 Å². The zero-order chi connectivity index (χ0) is 24.9. The lowest BCUT2D eigenvalue weighted by Gasteiger charge is -2.43. The average Bonchev–Trinajstić information content (AvgIpc) is 2.77. The van der Waals surface area contributed by atoms with E-state index in [4.69, 9.17) is 9.47 Å². The lowest BCUT2D eigenvalue weighted by atomic mass is 9.90. The molecule has 1 N–H and O–H groups in total. The number of hydrogen-bond acceptors (Lipinski definition) is 4. The van der Waals surface area contributed by atoms with E-state index in [2.05, 4.69) is 0 Å². The highest BCUT2D eigenvalue weighted by molar-refractivity contribution is 5.69. The van der Waals surface area contributed by atoms with Crippen LogP contribution in [0.4, 0.5) is 18.0 Å². The van der Waals surface area contributed by atoms with E-state index in [1.807, 2.05) is 30.3 Å². The van der Waals surface area contributed by atoms with Crippen LogP contribution in [0.25, 0.3) is 0 Å². The molecule has 0 radical (unpaired) electrons. The molecule has 8 heteroatoms. The van der Waals surface area contributed by atoms with Crippen LogP contribution < -0.4 is 4.74 Å². The quantitative estimate of drug-likeness (QED) is 0.523. The summed E-state index contributed by atoms with van der Waals surface area (Å²) in [5.41, 5.74) is -0.586. The van der Waals surface area contributed by atoms with Gasteiger partial charge in [0, 0.05) is 12.5 Å². The standard InChI is InChI=1S/C26H32F3NO4/c1-25(2,3)34-24(32)30-20(10-7-11-21(30)17-31)16-23(18-8-5-4-6-9-18)33-22-14-12-19(13-15-22)26(27,28)29/h4-6,8-9,12-15,20-21,23,31H,7,10-11,16-17H2,1-3H3. The Balaban J connectivity index is 1.86. The van der Waals surface area contributed by atoms with Gasteiger partial charge in [-0.2, -0.15) is 13.2 Å². The van der Waals surface area contributed by atoms with Crippen molar-refractivity contribution in [3.63, 3.8) is 0 Å². The Morgan fingerprint density at radius 3 is 2.21 bits per heavy atom. The van der Waals surface area contributed by atoms with Crippen molar-refractivity contribution >= 4 is 6.09 Å². The van der Waals surface area contributed by atoms with Crippen LogP contribution in [-0.4, -0.2) is 40.4 Å². The van der Waals surface area contributed by atoms with Gasteiger partial charge in [-0.25, -0.2) is 4.79 Å². The number of hydrogen-bond donors (Lipinski definition) is 1. The van der Waals surface area contributed by atoms with Gasteiger partial charge in [-0.1, -0.05) is 30.3 Å². The van der Waals surface area contributed by atoms with E-state index in [-0.39, 0.29) is 18.7 Å². The molecule has 1 fully saturated rings. The van der Waals surface area contributed by atoms with Gasteiger partial charge in [0.05, 0.1) is 18.2 Å². The van der Waals surface area contributed by atoms with Gasteiger partial charge in [-0.05, 0) is 69.9 Å². The molecule has 1 aliphatic heterocycles. The third kappa shape index (κ3) is 6.88. The number of likely N-dealkylation sites (tertiary alicyclic amines) is 1. The van der Waals surface area contributed by atoms with Crippen molar-refractivity contribution in [3.05, 3.63) is 65.7 Å². The highest BCUT2D eigenvalue weighted by Gasteiger charge is 2.38. The van der Waals surface area contributed by atoms with Crippen LogP contribution in [0, 0.1) is 0 Å². The summed E-state index contributed by atoms with van der Waals surface area (Å²) in [6.45, 7) is 5.19. The topological polar surface area (TPSA) is 59.0 Å². The van der Waals surface area contributed by atoms with Crippen LogP contribution in [0.3, 0.4) is 0 Å². The fraction of sp³-hybridized carbons (Fsp3) is 0.500. The second-order valence-electron chi connectivity index (χ2n) is 9.58. The number of rotatable bonds is 6. The highest BCUT2D eigenvalue weighted by atomic mass is 19.4. The predicted octanol–water partition coefficient (Wildman–Crippen LogP) is 6.37. The number of piperidine rings is 1. The van der Waals surface area contributed by atoms with Crippen molar-refractivity contribution in [1.82, 2.24) is 4.90 Å². The van der Waals surface area contributed by atoms with E-state index in [1.165, 1.54) is 12.1 Å². The Morgan fingerprint density at radius 2 is 1.65 bits per heavy atom. The fourth-order valence-electron chi connectivity index (χ4n) is 4.24. The fourth-order valence-corrected chi connectivity index (χ4v) is 4.24.